The Kier molecular flexibility index (Phi) is 5.45. The summed E-state index contributed by atoms with van der Waals surface area (Å²) in [6.45, 7) is 2.07. The molecule has 1 saturated heterocycles. The van der Waals surface area contributed by atoms with Gasteiger partial charge in [0.2, 0.25) is 0 Å². The molecular weight excluding hydrogens is 272 g/mol. The normalized spacial score (nSPS) is 18.6. The third kappa shape index (κ3) is 5.00. The van der Waals surface area contributed by atoms with Crippen molar-refractivity contribution in [2.75, 3.05) is 19.8 Å². The van der Waals surface area contributed by atoms with Gasteiger partial charge in [0.15, 0.2) is 0 Å². The fourth-order valence-corrected chi connectivity index (χ4v) is 2.10. The van der Waals surface area contributed by atoms with Crippen LogP contribution >= 0.6 is 0 Å². The van der Waals surface area contributed by atoms with E-state index >= 15 is 0 Å². The van der Waals surface area contributed by atoms with Crippen molar-refractivity contribution >= 4 is 18.0 Å². The maximum atomic E-state index is 11.9. The van der Waals surface area contributed by atoms with Crippen LogP contribution in [0.4, 0.5) is 0 Å². The molecule has 0 aromatic carbocycles. The van der Waals surface area contributed by atoms with E-state index in [1.807, 2.05) is 0 Å². The summed E-state index contributed by atoms with van der Waals surface area (Å²) in [4.78, 5) is 26.4. The first-order valence-electron chi connectivity index (χ1n) is 6.88. The lowest BCUT2D eigenvalue weighted by Gasteiger charge is -2.22. The second kappa shape index (κ2) is 7.54. The SMILES string of the molecule is O=C(O)C=Cc1ccc(C(=O)NCC2CCCOC2)nc1. The Balaban J connectivity index is 1.85. The van der Waals surface area contributed by atoms with Crippen LogP contribution in [0.25, 0.3) is 6.08 Å². The molecule has 1 unspecified atom stereocenters. The number of aliphatic carboxylic acids is 1. The van der Waals surface area contributed by atoms with Crippen molar-refractivity contribution in [3.63, 3.8) is 0 Å². The molecule has 1 fully saturated rings. The van der Waals surface area contributed by atoms with Crippen LogP contribution in [0.15, 0.2) is 24.4 Å². The van der Waals surface area contributed by atoms with E-state index in [1.54, 1.807) is 12.1 Å². The third-order valence-corrected chi connectivity index (χ3v) is 3.24. The van der Waals surface area contributed by atoms with Gasteiger partial charge in [0.1, 0.15) is 5.69 Å². The molecule has 0 aliphatic carbocycles. The van der Waals surface area contributed by atoms with Crippen molar-refractivity contribution in [2.45, 2.75) is 12.8 Å². The summed E-state index contributed by atoms with van der Waals surface area (Å²) in [5.41, 5.74) is 0.953. The molecule has 0 saturated carbocycles. The highest BCUT2D eigenvalue weighted by Crippen LogP contribution is 2.12. The number of carbonyl (C=O) groups excluding carboxylic acids is 1. The molecule has 1 atom stereocenters. The van der Waals surface area contributed by atoms with Gasteiger partial charge in [-0.1, -0.05) is 6.07 Å². The zero-order valence-electron chi connectivity index (χ0n) is 11.6. The van der Waals surface area contributed by atoms with E-state index in [9.17, 15) is 9.59 Å². The highest BCUT2D eigenvalue weighted by Gasteiger charge is 2.15. The van der Waals surface area contributed by atoms with Gasteiger partial charge in [-0.25, -0.2) is 4.79 Å². The van der Waals surface area contributed by atoms with Crippen molar-refractivity contribution in [1.29, 1.82) is 0 Å². The van der Waals surface area contributed by atoms with Gasteiger partial charge in [-0.2, -0.15) is 0 Å². The number of carboxylic acids is 1. The molecule has 1 amide bonds. The average Bonchev–Trinajstić information content (AvgIpc) is 2.52. The number of carbonyl (C=O) groups is 2. The van der Waals surface area contributed by atoms with Crippen LogP contribution in [-0.2, 0) is 9.53 Å². The molecule has 0 radical (unpaired) electrons. The lowest BCUT2D eigenvalue weighted by molar-refractivity contribution is -0.131. The Morgan fingerprint density at radius 3 is 2.95 bits per heavy atom. The van der Waals surface area contributed by atoms with Gasteiger partial charge in [0, 0.05) is 25.4 Å². The third-order valence-electron chi connectivity index (χ3n) is 3.24. The summed E-state index contributed by atoms with van der Waals surface area (Å²) in [7, 11) is 0. The highest BCUT2D eigenvalue weighted by molar-refractivity contribution is 5.92. The Morgan fingerprint density at radius 2 is 2.33 bits per heavy atom. The lowest BCUT2D eigenvalue weighted by atomic mass is 10.0. The van der Waals surface area contributed by atoms with Gasteiger partial charge in [-0.05, 0) is 36.5 Å². The number of rotatable bonds is 5. The van der Waals surface area contributed by atoms with Crippen molar-refractivity contribution in [3.05, 3.63) is 35.7 Å². The lowest BCUT2D eigenvalue weighted by Crippen LogP contribution is -2.33. The van der Waals surface area contributed by atoms with E-state index in [0.717, 1.165) is 25.5 Å². The van der Waals surface area contributed by atoms with E-state index < -0.39 is 5.97 Å². The summed E-state index contributed by atoms with van der Waals surface area (Å²) in [5, 5.41) is 11.4. The number of amides is 1. The Hall–Kier alpha value is -2.21. The quantitative estimate of drug-likeness (QED) is 0.799. The number of hydrogen-bond donors (Lipinski definition) is 2. The van der Waals surface area contributed by atoms with Crippen LogP contribution in [0.2, 0.25) is 0 Å². The topological polar surface area (TPSA) is 88.5 Å². The summed E-state index contributed by atoms with van der Waals surface area (Å²) >= 11 is 0. The number of hydrogen-bond acceptors (Lipinski definition) is 4. The van der Waals surface area contributed by atoms with E-state index in [0.29, 0.717) is 30.3 Å². The van der Waals surface area contributed by atoms with Gasteiger partial charge in [-0.15, -0.1) is 0 Å². The van der Waals surface area contributed by atoms with Crippen molar-refractivity contribution in [1.82, 2.24) is 10.3 Å². The molecule has 6 nitrogen and oxygen atoms in total. The van der Waals surface area contributed by atoms with Gasteiger partial charge < -0.3 is 15.2 Å². The van der Waals surface area contributed by atoms with Crippen LogP contribution in [0.5, 0.6) is 0 Å². The molecule has 1 aromatic rings. The largest absolute Gasteiger partial charge is 0.478 e. The number of nitrogens with zero attached hydrogens (tertiary/aromatic N) is 1. The maximum Gasteiger partial charge on any atom is 0.328 e. The Labute approximate surface area is 122 Å². The molecule has 2 heterocycles. The predicted molar refractivity (Wildman–Crippen MR) is 76.8 cm³/mol. The van der Waals surface area contributed by atoms with Gasteiger partial charge >= 0.3 is 5.97 Å². The summed E-state index contributed by atoms with van der Waals surface area (Å²) in [6, 6.07) is 3.24. The minimum Gasteiger partial charge on any atom is -0.478 e. The first kappa shape index (κ1) is 15.2. The first-order valence-corrected chi connectivity index (χ1v) is 6.88. The smallest absolute Gasteiger partial charge is 0.328 e. The molecule has 21 heavy (non-hydrogen) atoms. The zero-order chi connectivity index (χ0) is 15.1. The number of ether oxygens (including phenoxy) is 1. The highest BCUT2D eigenvalue weighted by atomic mass is 16.5. The van der Waals surface area contributed by atoms with Crippen molar-refractivity contribution in [3.8, 4) is 0 Å². The van der Waals surface area contributed by atoms with E-state index in [2.05, 4.69) is 10.3 Å². The van der Waals surface area contributed by atoms with Gasteiger partial charge in [-0.3, -0.25) is 9.78 Å². The summed E-state index contributed by atoms with van der Waals surface area (Å²) < 4.78 is 5.36. The van der Waals surface area contributed by atoms with Crippen LogP contribution in [0.1, 0.15) is 28.9 Å². The number of nitrogens with one attached hydrogen (secondary N) is 1. The molecule has 0 spiro atoms. The zero-order valence-corrected chi connectivity index (χ0v) is 11.6. The molecule has 0 bridgehead atoms. The minimum absolute atomic E-state index is 0.227. The van der Waals surface area contributed by atoms with E-state index in [4.69, 9.17) is 9.84 Å². The number of carboxylic acid groups (broad SMARTS) is 1. The van der Waals surface area contributed by atoms with Crippen LogP contribution < -0.4 is 5.32 Å². The van der Waals surface area contributed by atoms with Crippen molar-refractivity contribution in [2.24, 2.45) is 5.92 Å². The van der Waals surface area contributed by atoms with Gasteiger partial charge in [0.25, 0.3) is 5.91 Å². The Morgan fingerprint density at radius 1 is 1.48 bits per heavy atom. The molecular formula is C15H18N2O4. The fraction of sp³-hybridized carbons (Fsp3) is 0.400. The molecule has 2 N–H and O–H groups in total. The standard InChI is InChI=1S/C15H18N2O4/c18-14(19)6-4-11-3-5-13(16-8-11)15(20)17-9-12-2-1-7-21-10-12/h3-6,8,12H,1-2,7,9-10H2,(H,17,20)(H,18,19). The molecule has 6 heteroatoms. The molecule has 1 aliphatic rings. The second-order valence-corrected chi connectivity index (χ2v) is 4.94. The second-order valence-electron chi connectivity index (χ2n) is 4.94. The van der Waals surface area contributed by atoms with E-state index in [1.165, 1.54) is 12.3 Å². The first-order chi connectivity index (χ1) is 10.1. The molecule has 2 rings (SSSR count). The van der Waals surface area contributed by atoms with Crippen LogP contribution in [0.3, 0.4) is 0 Å². The Bertz CT molecular complexity index is 519. The fourth-order valence-electron chi connectivity index (χ4n) is 2.10. The van der Waals surface area contributed by atoms with E-state index in [-0.39, 0.29) is 5.91 Å². The predicted octanol–water partition coefficient (Wildman–Crippen LogP) is 1.34. The summed E-state index contributed by atoms with van der Waals surface area (Å²) in [6.07, 6.45) is 6.02. The molecule has 1 aliphatic heterocycles. The maximum absolute atomic E-state index is 11.9. The van der Waals surface area contributed by atoms with Crippen LogP contribution in [0, 0.1) is 5.92 Å². The minimum atomic E-state index is -1.02. The molecule has 1 aromatic heterocycles. The van der Waals surface area contributed by atoms with Gasteiger partial charge in [0.05, 0.1) is 6.61 Å². The van der Waals surface area contributed by atoms with Crippen molar-refractivity contribution < 1.29 is 19.4 Å². The number of pyridine rings is 1. The molecule has 112 valence electrons. The average molecular weight is 290 g/mol. The monoisotopic (exact) mass is 290 g/mol. The van der Waals surface area contributed by atoms with Crippen LogP contribution in [-0.4, -0.2) is 41.7 Å². The number of aromatic nitrogens is 1. The summed E-state index contributed by atoms with van der Waals surface area (Å²) in [5.74, 6) is -0.888.